The number of carboxylic acid groups (broad SMARTS) is 1. The van der Waals surface area contributed by atoms with E-state index < -0.39 is 5.97 Å². The Labute approximate surface area is 95.9 Å². The first-order valence-electron chi connectivity index (χ1n) is 4.33. The molecule has 1 aromatic rings. The van der Waals surface area contributed by atoms with Gasteiger partial charge in [0.1, 0.15) is 5.56 Å². The average Bonchev–Trinajstić information content (AvgIpc) is 2.19. The highest BCUT2D eigenvalue weighted by Gasteiger charge is 2.17. The van der Waals surface area contributed by atoms with Gasteiger partial charge in [0.05, 0.1) is 13.7 Å². The Morgan fingerprint density at radius 1 is 1.53 bits per heavy atom. The van der Waals surface area contributed by atoms with Gasteiger partial charge in [0, 0.05) is 4.47 Å². The minimum Gasteiger partial charge on any atom is -0.493 e. The van der Waals surface area contributed by atoms with Gasteiger partial charge in [0.25, 0.3) is 0 Å². The molecule has 0 radical (unpaired) electrons. The first-order chi connectivity index (χ1) is 7.10. The van der Waals surface area contributed by atoms with Gasteiger partial charge in [-0.25, -0.2) is 4.79 Å². The molecule has 0 amide bonds. The lowest BCUT2D eigenvalue weighted by Crippen LogP contribution is -2.04. The number of methoxy groups -OCH3 is 1. The van der Waals surface area contributed by atoms with Crippen LogP contribution in [0.1, 0.15) is 17.3 Å². The lowest BCUT2D eigenvalue weighted by molar-refractivity contribution is 0.0691. The van der Waals surface area contributed by atoms with E-state index in [1.807, 2.05) is 0 Å². The number of halogens is 1. The first-order valence-corrected chi connectivity index (χ1v) is 5.13. The lowest BCUT2D eigenvalue weighted by Gasteiger charge is -2.12. The molecule has 0 aromatic heterocycles. The largest absolute Gasteiger partial charge is 0.493 e. The normalized spacial score (nSPS) is 9.80. The van der Waals surface area contributed by atoms with Gasteiger partial charge < -0.3 is 14.6 Å². The van der Waals surface area contributed by atoms with Crippen molar-refractivity contribution in [3.63, 3.8) is 0 Å². The maximum atomic E-state index is 11.0. The molecule has 0 unspecified atom stereocenters. The van der Waals surface area contributed by atoms with Gasteiger partial charge in [-0.15, -0.1) is 0 Å². The number of carboxylic acids is 1. The van der Waals surface area contributed by atoms with Crippen LogP contribution in [0, 0.1) is 0 Å². The van der Waals surface area contributed by atoms with Crippen molar-refractivity contribution in [2.24, 2.45) is 0 Å². The van der Waals surface area contributed by atoms with Crippen LogP contribution in [0.5, 0.6) is 11.5 Å². The Balaban J connectivity index is 3.33. The summed E-state index contributed by atoms with van der Waals surface area (Å²) < 4.78 is 10.9. The van der Waals surface area contributed by atoms with Crippen LogP contribution in [-0.4, -0.2) is 24.8 Å². The van der Waals surface area contributed by atoms with E-state index in [0.717, 1.165) is 0 Å². The summed E-state index contributed by atoms with van der Waals surface area (Å²) in [6, 6.07) is 3.15. The number of aromatic carboxylic acids is 1. The molecule has 0 fully saturated rings. The summed E-state index contributed by atoms with van der Waals surface area (Å²) in [4.78, 5) is 11.0. The first kappa shape index (κ1) is 11.8. The van der Waals surface area contributed by atoms with Crippen LogP contribution in [0.25, 0.3) is 0 Å². The summed E-state index contributed by atoms with van der Waals surface area (Å²) in [6.07, 6.45) is 0. The fourth-order valence-corrected chi connectivity index (χ4v) is 1.61. The van der Waals surface area contributed by atoms with E-state index in [1.54, 1.807) is 13.0 Å². The Hall–Kier alpha value is -1.23. The average molecular weight is 275 g/mol. The maximum absolute atomic E-state index is 11.0. The monoisotopic (exact) mass is 274 g/mol. The Morgan fingerprint density at radius 2 is 2.20 bits per heavy atom. The molecule has 0 aliphatic carbocycles. The molecule has 0 atom stereocenters. The van der Waals surface area contributed by atoms with Crippen molar-refractivity contribution >= 4 is 21.9 Å². The third-order valence-corrected chi connectivity index (χ3v) is 2.22. The molecular formula is C10H11BrO4. The standard InChI is InChI=1S/C10H11BrO4/c1-3-15-9-7(10(12)13)4-6(11)5-8(9)14-2/h4-5H,3H2,1-2H3,(H,12,13). The zero-order valence-electron chi connectivity index (χ0n) is 8.41. The molecule has 1 N–H and O–H groups in total. The van der Waals surface area contributed by atoms with Gasteiger partial charge in [-0.3, -0.25) is 0 Å². The maximum Gasteiger partial charge on any atom is 0.339 e. The van der Waals surface area contributed by atoms with Crippen molar-refractivity contribution in [3.8, 4) is 11.5 Å². The van der Waals surface area contributed by atoms with Crippen LogP contribution in [-0.2, 0) is 0 Å². The van der Waals surface area contributed by atoms with Crippen LogP contribution >= 0.6 is 15.9 Å². The predicted octanol–water partition coefficient (Wildman–Crippen LogP) is 2.55. The summed E-state index contributed by atoms with van der Waals surface area (Å²) in [5, 5.41) is 8.98. The number of rotatable bonds is 4. The SMILES string of the molecule is CCOc1c(OC)cc(Br)cc1C(=O)O. The molecule has 5 heteroatoms. The molecule has 82 valence electrons. The van der Waals surface area contributed by atoms with Gasteiger partial charge in [0.15, 0.2) is 11.5 Å². The molecule has 15 heavy (non-hydrogen) atoms. The Morgan fingerprint density at radius 3 is 2.67 bits per heavy atom. The fraction of sp³-hybridized carbons (Fsp3) is 0.300. The van der Waals surface area contributed by atoms with Gasteiger partial charge in [-0.1, -0.05) is 15.9 Å². The number of ether oxygens (including phenoxy) is 2. The van der Waals surface area contributed by atoms with Crippen LogP contribution in [0.4, 0.5) is 0 Å². The van der Waals surface area contributed by atoms with Gasteiger partial charge >= 0.3 is 5.97 Å². The summed E-state index contributed by atoms with van der Waals surface area (Å²) in [5.41, 5.74) is 0.0862. The third-order valence-electron chi connectivity index (χ3n) is 1.76. The van der Waals surface area contributed by atoms with Crippen LogP contribution in [0.3, 0.4) is 0 Å². The van der Waals surface area contributed by atoms with E-state index in [0.29, 0.717) is 16.8 Å². The quantitative estimate of drug-likeness (QED) is 0.917. The summed E-state index contributed by atoms with van der Waals surface area (Å²) in [5.74, 6) is -0.377. The second kappa shape index (κ2) is 5.02. The van der Waals surface area contributed by atoms with Crippen molar-refractivity contribution in [1.82, 2.24) is 0 Å². The van der Waals surface area contributed by atoms with Crippen molar-refractivity contribution in [3.05, 3.63) is 22.2 Å². The van der Waals surface area contributed by atoms with Crippen LogP contribution in [0.15, 0.2) is 16.6 Å². The molecule has 0 spiro atoms. The Bertz CT molecular complexity index is 376. The molecule has 1 rings (SSSR count). The molecule has 0 bridgehead atoms. The van der Waals surface area contributed by atoms with E-state index in [4.69, 9.17) is 14.6 Å². The molecule has 0 aliphatic heterocycles. The Kier molecular flexibility index (Phi) is 3.96. The third kappa shape index (κ3) is 2.62. The topological polar surface area (TPSA) is 55.8 Å². The van der Waals surface area contributed by atoms with Crippen LogP contribution in [0.2, 0.25) is 0 Å². The van der Waals surface area contributed by atoms with Gasteiger partial charge in [-0.05, 0) is 19.1 Å². The molecular weight excluding hydrogens is 264 g/mol. The van der Waals surface area contributed by atoms with E-state index >= 15 is 0 Å². The van der Waals surface area contributed by atoms with E-state index in [-0.39, 0.29) is 11.3 Å². The predicted molar refractivity (Wildman–Crippen MR) is 58.8 cm³/mol. The van der Waals surface area contributed by atoms with E-state index in [2.05, 4.69) is 15.9 Å². The van der Waals surface area contributed by atoms with E-state index in [1.165, 1.54) is 13.2 Å². The minimum absolute atomic E-state index is 0.0862. The summed E-state index contributed by atoms with van der Waals surface area (Å²) in [6.45, 7) is 2.17. The summed E-state index contributed by atoms with van der Waals surface area (Å²) >= 11 is 3.21. The molecule has 0 saturated carbocycles. The number of hydrogen-bond donors (Lipinski definition) is 1. The highest BCUT2D eigenvalue weighted by atomic mass is 79.9. The molecule has 0 heterocycles. The molecule has 4 nitrogen and oxygen atoms in total. The van der Waals surface area contributed by atoms with E-state index in [9.17, 15) is 4.79 Å². The molecule has 1 aromatic carbocycles. The van der Waals surface area contributed by atoms with Gasteiger partial charge in [0.2, 0.25) is 0 Å². The molecule has 0 aliphatic rings. The minimum atomic E-state index is -1.04. The lowest BCUT2D eigenvalue weighted by atomic mass is 10.2. The highest BCUT2D eigenvalue weighted by Crippen LogP contribution is 2.34. The molecule has 0 saturated heterocycles. The zero-order chi connectivity index (χ0) is 11.4. The zero-order valence-corrected chi connectivity index (χ0v) is 10.00. The van der Waals surface area contributed by atoms with Crippen LogP contribution < -0.4 is 9.47 Å². The van der Waals surface area contributed by atoms with Gasteiger partial charge in [-0.2, -0.15) is 0 Å². The highest BCUT2D eigenvalue weighted by molar-refractivity contribution is 9.10. The number of hydrogen-bond acceptors (Lipinski definition) is 3. The second-order valence-electron chi connectivity index (χ2n) is 2.72. The number of benzene rings is 1. The summed E-state index contributed by atoms with van der Waals surface area (Å²) in [7, 11) is 1.47. The van der Waals surface area contributed by atoms with Crippen molar-refractivity contribution in [2.75, 3.05) is 13.7 Å². The smallest absolute Gasteiger partial charge is 0.339 e. The second-order valence-corrected chi connectivity index (χ2v) is 3.64. The van der Waals surface area contributed by atoms with Crippen molar-refractivity contribution in [1.29, 1.82) is 0 Å². The van der Waals surface area contributed by atoms with Crippen molar-refractivity contribution in [2.45, 2.75) is 6.92 Å². The number of carbonyl (C=O) groups is 1. The fourth-order valence-electron chi connectivity index (χ4n) is 1.17. The van der Waals surface area contributed by atoms with Crippen molar-refractivity contribution < 1.29 is 19.4 Å².